The van der Waals surface area contributed by atoms with Crippen molar-refractivity contribution in [2.45, 2.75) is 12.5 Å². The summed E-state index contributed by atoms with van der Waals surface area (Å²) in [5, 5.41) is 1.53. The number of halogens is 1. The van der Waals surface area contributed by atoms with Crippen molar-refractivity contribution in [1.82, 2.24) is 14.9 Å². The number of anilines is 1. The van der Waals surface area contributed by atoms with Gasteiger partial charge in [-0.15, -0.1) is 0 Å². The van der Waals surface area contributed by atoms with Gasteiger partial charge in [0.1, 0.15) is 16.9 Å². The van der Waals surface area contributed by atoms with E-state index in [9.17, 15) is 0 Å². The summed E-state index contributed by atoms with van der Waals surface area (Å²) in [7, 11) is 2.12. The topological polar surface area (TPSA) is 97.4 Å². The summed E-state index contributed by atoms with van der Waals surface area (Å²) in [6, 6.07) is 5.25. The molecule has 4 N–H and O–H groups in total. The van der Waals surface area contributed by atoms with Crippen LogP contribution in [-0.4, -0.2) is 54.6 Å². The average Bonchev–Trinajstić information content (AvgIpc) is 3.00. The minimum absolute atomic E-state index is 0.306. The zero-order valence-corrected chi connectivity index (χ0v) is 15.5. The van der Waals surface area contributed by atoms with Crippen LogP contribution in [0.1, 0.15) is 18.3 Å². The Bertz CT molecular complexity index is 934. The van der Waals surface area contributed by atoms with Crippen LogP contribution < -0.4 is 16.4 Å². The molecule has 1 saturated heterocycles. The Morgan fingerprint density at radius 3 is 2.73 bits per heavy atom. The van der Waals surface area contributed by atoms with Crippen LogP contribution in [0.15, 0.2) is 22.6 Å². The van der Waals surface area contributed by atoms with E-state index in [1.165, 1.54) is 0 Å². The maximum Gasteiger partial charge on any atom is 0.196 e. The Hall–Kier alpha value is -1.93. The number of likely N-dealkylation sites (N-methyl/N-ethyl adjacent to an activating group) is 1. The van der Waals surface area contributed by atoms with Crippen LogP contribution in [0.3, 0.4) is 0 Å². The first-order valence-electron chi connectivity index (χ1n) is 8.85. The molecule has 2 aromatic heterocycles. The van der Waals surface area contributed by atoms with Crippen LogP contribution in [0.5, 0.6) is 0 Å². The fourth-order valence-corrected chi connectivity index (χ4v) is 3.50. The molecule has 26 heavy (non-hydrogen) atoms. The van der Waals surface area contributed by atoms with Gasteiger partial charge in [0.2, 0.25) is 0 Å². The molecule has 0 amide bonds. The molecular formula is C18H23ClN6O. The molecule has 0 saturated carbocycles. The van der Waals surface area contributed by atoms with Crippen molar-refractivity contribution in [3.63, 3.8) is 0 Å². The van der Waals surface area contributed by atoms with E-state index in [-0.39, 0.29) is 6.04 Å². The third-order valence-corrected chi connectivity index (χ3v) is 5.12. The molecule has 3 aromatic rings. The van der Waals surface area contributed by atoms with Gasteiger partial charge in [-0.05, 0) is 38.2 Å². The molecule has 0 bridgehead atoms. The lowest BCUT2D eigenvalue weighted by atomic mass is 10.2. The summed E-state index contributed by atoms with van der Waals surface area (Å²) in [6.45, 7) is 4.20. The third-order valence-electron chi connectivity index (χ3n) is 4.89. The highest BCUT2D eigenvalue weighted by molar-refractivity contribution is 6.31. The molecule has 0 spiro atoms. The van der Waals surface area contributed by atoms with Crippen LogP contribution in [0.2, 0.25) is 5.02 Å². The summed E-state index contributed by atoms with van der Waals surface area (Å²) in [5.41, 5.74) is 14.1. The maximum atomic E-state index is 6.27. The number of benzene rings is 1. The highest BCUT2D eigenvalue weighted by atomic mass is 35.5. The van der Waals surface area contributed by atoms with E-state index in [1.807, 2.05) is 18.2 Å². The first-order chi connectivity index (χ1) is 12.6. The van der Waals surface area contributed by atoms with Crippen molar-refractivity contribution in [3.05, 3.63) is 29.0 Å². The average molecular weight is 375 g/mol. The predicted molar refractivity (Wildman–Crippen MR) is 105 cm³/mol. The number of hydrogen-bond donors (Lipinski definition) is 2. The lowest BCUT2D eigenvalue weighted by Gasteiger charge is -2.33. The SMILES string of the molecule is CN1CCN(c2nc(C(N)CCN)nc3c2oc2ccc(Cl)cc23)CC1. The summed E-state index contributed by atoms with van der Waals surface area (Å²) >= 11 is 6.19. The molecule has 7 nitrogen and oxygen atoms in total. The molecule has 1 atom stereocenters. The van der Waals surface area contributed by atoms with E-state index < -0.39 is 0 Å². The lowest BCUT2D eigenvalue weighted by Crippen LogP contribution is -2.45. The summed E-state index contributed by atoms with van der Waals surface area (Å²) in [4.78, 5) is 14.0. The molecule has 138 valence electrons. The van der Waals surface area contributed by atoms with Gasteiger partial charge in [0.25, 0.3) is 0 Å². The van der Waals surface area contributed by atoms with E-state index in [1.54, 1.807) is 0 Å². The summed E-state index contributed by atoms with van der Waals surface area (Å²) in [5.74, 6) is 1.40. The molecule has 3 heterocycles. The van der Waals surface area contributed by atoms with Gasteiger partial charge in [-0.25, -0.2) is 9.97 Å². The summed E-state index contributed by atoms with van der Waals surface area (Å²) in [6.07, 6.45) is 0.629. The van der Waals surface area contributed by atoms with Gasteiger partial charge in [0.15, 0.2) is 11.4 Å². The first kappa shape index (κ1) is 17.5. The standard InChI is InChI=1S/C18H23ClN6O/c1-24-6-8-25(9-7-24)18-16-15(22-17(23-18)13(21)4-5-20)12-10-11(19)2-3-14(12)26-16/h2-3,10,13H,4-9,20-21H2,1H3. The normalized spacial score (nSPS) is 17.3. The number of nitrogens with zero attached hydrogens (tertiary/aromatic N) is 4. The van der Waals surface area contributed by atoms with Gasteiger partial charge in [0, 0.05) is 36.6 Å². The second kappa shape index (κ2) is 7.00. The highest BCUT2D eigenvalue weighted by Gasteiger charge is 2.24. The van der Waals surface area contributed by atoms with Gasteiger partial charge >= 0.3 is 0 Å². The van der Waals surface area contributed by atoms with Crippen molar-refractivity contribution in [2.24, 2.45) is 11.5 Å². The smallest absolute Gasteiger partial charge is 0.196 e. The van der Waals surface area contributed by atoms with Crippen molar-refractivity contribution in [2.75, 3.05) is 44.7 Å². The van der Waals surface area contributed by atoms with Gasteiger partial charge in [-0.1, -0.05) is 11.6 Å². The van der Waals surface area contributed by atoms with Gasteiger partial charge < -0.3 is 25.7 Å². The monoisotopic (exact) mass is 374 g/mol. The van der Waals surface area contributed by atoms with Gasteiger partial charge in [0.05, 0.1) is 6.04 Å². The summed E-state index contributed by atoms with van der Waals surface area (Å²) < 4.78 is 6.11. The molecule has 4 rings (SSSR count). The minimum Gasteiger partial charge on any atom is -0.450 e. The Kier molecular flexibility index (Phi) is 4.71. The molecule has 1 fully saturated rings. The number of furan rings is 1. The van der Waals surface area contributed by atoms with E-state index in [0.29, 0.717) is 29.4 Å². The molecule has 0 radical (unpaired) electrons. The van der Waals surface area contributed by atoms with E-state index in [0.717, 1.165) is 48.5 Å². The van der Waals surface area contributed by atoms with Crippen LogP contribution in [0, 0.1) is 0 Å². The van der Waals surface area contributed by atoms with Crippen molar-refractivity contribution < 1.29 is 4.42 Å². The zero-order chi connectivity index (χ0) is 18.3. The van der Waals surface area contributed by atoms with Gasteiger partial charge in [-0.3, -0.25) is 0 Å². The Morgan fingerprint density at radius 2 is 2.00 bits per heavy atom. The molecular weight excluding hydrogens is 352 g/mol. The molecule has 1 aliphatic heterocycles. The molecule has 1 aromatic carbocycles. The molecule has 1 unspecified atom stereocenters. The first-order valence-corrected chi connectivity index (χ1v) is 9.23. The second-order valence-electron chi connectivity index (χ2n) is 6.80. The van der Waals surface area contributed by atoms with E-state index in [4.69, 9.17) is 37.5 Å². The minimum atomic E-state index is -0.306. The quantitative estimate of drug-likeness (QED) is 0.721. The Labute approximate surface area is 156 Å². The predicted octanol–water partition coefficient (Wildman–Crippen LogP) is 2.13. The lowest BCUT2D eigenvalue weighted by molar-refractivity contribution is 0.312. The Balaban J connectivity index is 1.91. The number of rotatable bonds is 4. The maximum absolute atomic E-state index is 6.27. The molecule has 1 aliphatic rings. The third kappa shape index (κ3) is 3.12. The van der Waals surface area contributed by atoms with Crippen LogP contribution >= 0.6 is 11.6 Å². The van der Waals surface area contributed by atoms with Crippen molar-refractivity contribution in [3.8, 4) is 0 Å². The number of hydrogen-bond acceptors (Lipinski definition) is 7. The molecule has 0 aliphatic carbocycles. The number of piperazine rings is 1. The van der Waals surface area contributed by atoms with Crippen molar-refractivity contribution >= 4 is 39.5 Å². The highest BCUT2D eigenvalue weighted by Crippen LogP contribution is 2.35. The fourth-order valence-electron chi connectivity index (χ4n) is 3.33. The number of aromatic nitrogens is 2. The van der Waals surface area contributed by atoms with E-state index in [2.05, 4.69) is 16.8 Å². The fraction of sp³-hybridized carbons (Fsp3) is 0.444. The van der Waals surface area contributed by atoms with E-state index >= 15 is 0 Å². The van der Waals surface area contributed by atoms with Crippen molar-refractivity contribution in [1.29, 1.82) is 0 Å². The van der Waals surface area contributed by atoms with Crippen LogP contribution in [0.25, 0.3) is 22.1 Å². The second-order valence-corrected chi connectivity index (χ2v) is 7.24. The number of nitrogens with two attached hydrogens (primary N) is 2. The Morgan fingerprint density at radius 1 is 1.23 bits per heavy atom. The zero-order valence-electron chi connectivity index (χ0n) is 14.8. The molecule has 8 heteroatoms. The largest absolute Gasteiger partial charge is 0.450 e. The van der Waals surface area contributed by atoms with Crippen LogP contribution in [0.4, 0.5) is 5.82 Å². The van der Waals surface area contributed by atoms with Crippen LogP contribution in [-0.2, 0) is 0 Å². The number of fused-ring (bicyclic) bond motifs is 3. The van der Waals surface area contributed by atoms with Gasteiger partial charge in [-0.2, -0.15) is 0 Å².